The molecule has 0 atom stereocenters. The summed E-state index contributed by atoms with van der Waals surface area (Å²) < 4.78 is 1.22. The molecule has 0 saturated heterocycles. The minimum Gasteiger partial charge on any atom is -0.335 e. The molecule has 116 valence electrons. The number of amides is 3. The highest BCUT2D eigenvalue weighted by Crippen LogP contribution is 2.25. The largest absolute Gasteiger partial charge is 0.335 e. The molecule has 0 bridgehead atoms. The minimum absolute atomic E-state index is 0.171. The maximum atomic E-state index is 12.4. The molecule has 2 aromatic heterocycles. The molecule has 0 radical (unpaired) electrons. The zero-order chi connectivity index (χ0) is 15.9. The normalized spacial score (nSPS) is 14.1. The van der Waals surface area contributed by atoms with Crippen molar-refractivity contribution in [2.75, 3.05) is 0 Å². The molecule has 8 heteroatoms. The molecule has 3 amide bonds. The number of aromatic nitrogens is 2. The first-order chi connectivity index (χ1) is 10.5. The van der Waals surface area contributed by atoms with E-state index in [-0.39, 0.29) is 18.1 Å². The first-order valence-electron chi connectivity index (χ1n) is 7.01. The van der Waals surface area contributed by atoms with Gasteiger partial charge in [-0.25, -0.2) is 9.78 Å². The fourth-order valence-corrected chi connectivity index (χ4v) is 3.14. The number of fused-ring (bicyclic) bond motifs is 1. The number of carbonyl (C=O) groups excluding carboxylic acids is 2. The Hall–Kier alpha value is -2.22. The van der Waals surface area contributed by atoms with E-state index in [1.165, 1.54) is 22.2 Å². The van der Waals surface area contributed by atoms with Crippen LogP contribution in [0.25, 0.3) is 10.2 Å². The van der Waals surface area contributed by atoms with Crippen LogP contribution in [0.15, 0.2) is 11.1 Å². The fraction of sp³-hybridized carbons (Fsp3) is 0.429. The molecule has 1 aliphatic carbocycles. The third-order valence-corrected chi connectivity index (χ3v) is 4.75. The number of imide groups is 1. The number of hydrogen-bond donors (Lipinski definition) is 2. The topological polar surface area (TPSA) is 93.1 Å². The third kappa shape index (κ3) is 2.87. The fourth-order valence-electron chi connectivity index (χ4n) is 2.15. The Balaban J connectivity index is 1.77. The maximum Gasteiger partial charge on any atom is 0.321 e. The molecule has 2 heterocycles. The van der Waals surface area contributed by atoms with Crippen LogP contribution in [0.2, 0.25) is 0 Å². The van der Waals surface area contributed by atoms with E-state index in [1.807, 2.05) is 13.8 Å². The van der Waals surface area contributed by atoms with E-state index in [2.05, 4.69) is 15.6 Å². The van der Waals surface area contributed by atoms with Crippen LogP contribution in [0, 0.1) is 13.8 Å². The van der Waals surface area contributed by atoms with E-state index >= 15 is 0 Å². The molecule has 0 unspecified atom stereocenters. The molecule has 0 aliphatic heterocycles. The molecule has 1 saturated carbocycles. The van der Waals surface area contributed by atoms with Crippen LogP contribution in [-0.2, 0) is 11.3 Å². The van der Waals surface area contributed by atoms with E-state index in [0.29, 0.717) is 10.2 Å². The average Bonchev–Trinajstić information content (AvgIpc) is 3.19. The minimum atomic E-state index is -0.536. The van der Waals surface area contributed by atoms with Crippen molar-refractivity contribution in [3.8, 4) is 0 Å². The van der Waals surface area contributed by atoms with Crippen LogP contribution < -0.4 is 16.2 Å². The zero-order valence-electron chi connectivity index (χ0n) is 12.3. The lowest BCUT2D eigenvalue weighted by Gasteiger charge is -2.07. The van der Waals surface area contributed by atoms with Gasteiger partial charge in [-0.2, -0.15) is 0 Å². The number of rotatable bonds is 3. The Morgan fingerprint density at radius 3 is 2.82 bits per heavy atom. The van der Waals surface area contributed by atoms with E-state index in [0.717, 1.165) is 23.3 Å². The average molecular weight is 320 g/mol. The van der Waals surface area contributed by atoms with Crippen LogP contribution in [0.4, 0.5) is 4.79 Å². The highest BCUT2D eigenvalue weighted by Gasteiger charge is 2.24. The van der Waals surface area contributed by atoms with Crippen LogP contribution in [0.3, 0.4) is 0 Å². The zero-order valence-corrected chi connectivity index (χ0v) is 13.1. The predicted octanol–water partition coefficient (Wildman–Crippen LogP) is 1.06. The second kappa shape index (κ2) is 5.53. The molecule has 0 spiro atoms. The Morgan fingerprint density at radius 1 is 1.41 bits per heavy atom. The van der Waals surface area contributed by atoms with E-state index in [9.17, 15) is 14.4 Å². The molecule has 3 rings (SSSR count). The highest BCUT2D eigenvalue weighted by molar-refractivity contribution is 7.18. The van der Waals surface area contributed by atoms with Gasteiger partial charge in [-0.15, -0.1) is 11.3 Å². The van der Waals surface area contributed by atoms with Gasteiger partial charge in [0.15, 0.2) is 0 Å². The van der Waals surface area contributed by atoms with Gasteiger partial charge in [0, 0.05) is 10.9 Å². The van der Waals surface area contributed by atoms with Gasteiger partial charge in [0.2, 0.25) is 5.91 Å². The summed E-state index contributed by atoms with van der Waals surface area (Å²) in [5.74, 6) is -0.536. The highest BCUT2D eigenvalue weighted by atomic mass is 32.1. The standard InChI is InChI=1S/C14H16N4O3S/c1-7-8(2)22-12-11(7)13(20)18(6-15-12)5-10(19)17-14(21)16-9-3-4-9/h6,9H,3-5H2,1-2H3,(H2,16,17,19,21). The molecule has 2 N–H and O–H groups in total. The summed E-state index contributed by atoms with van der Waals surface area (Å²) in [6, 6.07) is -0.345. The van der Waals surface area contributed by atoms with Crippen molar-refractivity contribution >= 4 is 33.5 Å². The number of thiophene rings is 1. The maximum absolute atomic E-state index is 12.4. The quantitative estimate of drug-likeness (QED) is 0.884. The van der Waals surface area contributed by atoms with Crippen LogP contribution in [0.5, 0.6) is 0 Å². The lowest BCUT2D eigenvalue weighted by Crippen LogP contribution is -2.42. The van der Waals surface area contributed by atoms with Crippen LogP contribution >= 0.6 is 11.3 Å². The number of nitrogens with zero attached hydrogens (tertiary/aromatic N) is 2. The summed E-state index contributed by atoms with van der Waals surface area (Å²) in [6.07, 6.45) is 3.23. The van der Waals surface area contributed by atoms with Gasteiger partial charge in [-0.3, -0.25) is 19.5 Å². The Morgan fingerprint density at radius 2 is 2.14 bits per heavy atom. The van der Waals surface area contributed by atoms with Crippen molar-refractivity contribution in [2.45, 2.75) is 39.3 Å². The molecule has 1 fully saturated rings. The van der Waals surface area contributed by atoms with Crippen LogP contribution in [0.1, 0.15) is 23.3 Å². The lowest BCUT2D eigenvalue weighted by atomic mass is 10.2. The van der Waals surface area contributed by atoms with Crippen LogP contribution in [-0.4, -0.2) is 27.5 Å². The molecule has 0 aromatic carbocycles. The lowest BCUT2D eigenvalue weighted by molar-refractivity contribution is -0.120. The first-order valence-corrected chi connectivity index (χ1v) is 7.83. The van der Waals surface area contributed by atoms with E-state index in [1.54, 1.807) is 0 Å². The smallest absolute Gasteiger partial charge is 0.321 e. The third-order valence-electron chi connectivity index (χ3n) is 3.64. The Labute approximate surface area is 130 Å². The SMILES string of the molecule is Cc1sc2ncn(CC(=O)NC(=O)NC3CC3)c(=O)c2c1C. The number of nitrogens with one attached hydrogen (secondary N) is 2. The molecule has 7 nitrogen and oxygen atoms in total. The molecule has 2 aromatic rings. The van der Waals surface area contributed by atoms with E-state index in [4.69, 9.17) is 0 Å². The molecule has 1 aliphatic rings. The van der Waals surface area contributed by atoms with Crippen molar-refractivity contribution in [3.05, 3.63) is 27.1 Å². The number of hydrogen-bond acceptors (Lipinski definition) is 5. The Kier molecular flexibility index (Phi) is 3.69. The van der Waals surface area contributed by atoms with Gasteiger partial charge < -0.3 is 5.32 Å². The monoisotopic (exact) mass is 320 g/mol. The molecule has 22 heavy (non-hydrogen) atoms. The van der Waals surface area contributed by atoms with E-state index < -0.39 is 11.9 Å². The molecular weight excluding hydrogens is 304 g/mol. The number of urea groups is 1. The van der Waals surface area contributed by atoms with Crippen molar-refractivity contribution in [2.24, 2.45) is 0 Å². The predicted molar refractivity (Wildman–Crippen MR) is 83.1 cm³/mol. The molecular formula is C14H16N4O3S. The van der Waals surface area contributed by atoms with Gasteiger partial charge in [0.25, 0.3) is 5.56 Å². The number of aryl methyl sites for hydroxylation is 2. The summed E-state index contributed by atoms with van der Waals surface area (Å²) in [6.45, 7) is 3.57. The summed E-state index contributed by atoms with van der Waals surface area (Å²) in [7, 11) is 0. The Bertz CT molecular complexity index is 819. The van der Waals surface area contributed by atoms with Crippen molar-refractivity contribution in [3.63, 3.8) is 0 Å². The van der Waals surface area contributed by atoms with Crippen molar-refractivity contribution < 1.29 is 9.59 Å². The van der Waals surface area contributed by atoms with Gasteiger partial charge in [-0.1, -0.05) is 0 Å². The second-order valence-corrected chi connectivity index (χ2v) is 6.64. The number of carbonyl (C=O) groups is 2. The van der Waals surface area contributed by atoms with Gasteiger partial charge >= 0.3 is 6.03 Å². The van der Waals surface area contributed by atoms with Crippen molar-refractivity contribution in [1.29, 1.82) is 0 Å². The van der Waals surface area contributed by atoms with Crippen molar-refractivity contribution in [1.82, 2.24) is 20.2 Å². The summed E-state index contributed by atoms with van der Waals surface area (Å²) in [4.78, 5) is 41.7. The van der Waals surface area contributed by atoms with Gasteiger partial charge in [-0.05, 0) is 32.3 Å². The summed E-state index contributed by atoms with van der Waals surface area (Å²) in [5, 5.41) is 5.42. The summed E-state index contributed by atoms with van der Waals surface area (Å²) in [5.41, 5.74) is 0.628. The summed E-state index contributed by atoms with van der Waals surface area (Å²) >= 11 is 1.46. The van der Waals surface area contributed by atoms with Gasteiger partial charge in [0.1, 0.15) is 11.4 Å². The van der Waals surface area contributed by atoms with Gasteiger partial charge in [0.05, 0.1) is 11.7 Å². The second-order valence-electron chi connectivity index (χ2n) is 5.44. The first kappa shape index (κ1) is 14.7.